The average Bonchev–Trinajstić information content (AvgIpc) is 0.776. The number of aliphatic hydroxyl groups is 1. The van der Waals surface area contributed by atoms with Crippen LogP contribution in [0.5, 0.6) is 0 Å². The lowest BCUT2D eigenvalue weighted by molar-refractivity contribution is -0.384. The first kappa shape index (κ1) is 120. The third kappa shape index (κ3) is 42.9. The number of rotatable bonds is 21. The maximum atomic E-state index is 12.8. The van der Waals surface area contributed by atoms with Crippen LogP contribution in [0.1, 0.15) is 211 Å². The Labute approximate surface area is 832 Å². The van der Waals surface area contributed by atoms with Crippen molar-refractivity contribution < 1.29 is 101 Å². The first-order valence-corrected chi connectivity index (χ1v) is 44.6. The molecule has 5 amide bonds. The van der Waals surface area contributed by atoms with E-state index in [4.69, 9.17) is 45.8 Å². The number of benzene rings is 9. The normalized spacial score (nSPS) is 10.1. The molecule has 11 rings (SSSR count). The largest absolute Gasteiger partial charge is 0.461 e. The summed E-state index contributed by atoms with van der Waals surface area (Å²) >= 11 is 3.36. The van der Waals surface area contributed by atoms with Crippen molar-refractivity contribution in [2.24, 2.45) is 5.41 Å². The minimum atomic E-state index is -0.657. The van der Waals surface area contributed by atoms with Gasteiger partial charge < -0.3 is 70.8 Å². The van der Waals surface area contributed by atoms with Gasteiger partial charge in [0.25, 0.3) is 16.8 Å². The molecule has 0 aliphatic carbocycles. The molecule has 2 aromatic heterocycles. The van der Waals surface area contributed by atoms with E-state index < -0.39 is 17.4 Å². The van der Waals surface area contributed by atoms with Crippen molar-refractivity contribution in [1.82, 2.24) is 19.5 Å². The maximum Gasteiger partial charge on any atom is 0.312 e. The maximum absolute atomic E-state index is 12.8. The predicted octanol–water partition coefficient (Wildman–Crippen LogP) is 18.4. The van der Waals surface area contributed by atoms with Crippen molar-refractivity contribution in [2.75, 3.05) is 32.3 Å². The molecule has 0 radical (unpaired) electrons. The van der Waals surface area contributed by atoms with E-state index in [1.165, 1.54) is 79.9 Å². The zero-order chi connectivity index (χ0) is 107. The third-order valence-corrected chi connectivity index (χ3v) is 20.6. The van der Waals surface area contributed by atoms with Gasteiger partial charge in [-0.15, -0.1) is 0 Å². The highest BCUT2D eigenvalue weighted by atomic mass is 79.9. The van der Waals surface area contributed by atoms with Gasteiger partial charge in [-0.25, -0.2) is 14.8 Å². The second kappa shape index (κ2) is 58.6. The van der Waals surface area contributed by atoms with E-state index in [9.17, 15) is 82.0 Å². The van der Waals surface area contributed by atoms with Gasteiger partial charge in [-0.1, -0.05) is 18.2 Å². The highest BCUT2D eigenvalue weighted by Crippen LogP contribution is 2.31. The van der Waals surface area contributed by atoms with E-state index in [2.05, 4.69) is 62.3 Å². The summed E-state index contributed by atoms with van der Waals surface area (Å²) in [5, 5.41) is 33.4. The smallest absolute Gasteiger partial charge is 0.312 e. The lowest BCUT2D eigenvalue weighted by atomic mass is 9.98. The summed E-state index contributed by atoms with van der Waals surface area (Å²) < 4.78 is 32.1. The molecule has 37 heteroatoms. The number of nitrogens with one attached hydrogen (secondary N) is 6. The molecule has 0 aliphatic heterocycles. The molecule has 11 aromatic rings. The lowest BCUT2D eigenvalue weighted by Gasteiger charge is -2.18. The van der Waals surface area contributed by atoms with Crippen LogP contribution in [0.15, 0.2) is 154 Å². The number of nitrogen functional groups attached to an aromatic ring is 1. The molecule has 0 bridgehead atoms. The summed E-state index contributed by atoms with van der Waals surface area (Å²) in [7, 11) is 0. The summed E-state index contributed by atoms with van der Waals surface area (Å²) in [6.45, 7) is 49.2. The monoisotopic (exact) mass is 2010 g/mol. The topological polar surface area (TPSA) is 512 Å². The number of nitro groups is 1. The van der Waals surface area contributed by atoms with Gasteiger partial charge in [0.1, 0.15) is 57.3 Å². The number of aliphatic hydroxyl groups excluding tert-OH is 1. The predicted molar refractivity (Wildman–Crippen MR) is 546 cm³/mol. The van der Waals surface area contributed by atoms with Crippen LogP contribution in [-0.2, 0) is 128 Å². The number of carbonyl (C=O) groups excluding carboxylic acids is 13. The summed E-state index contributed by atoms with van der Waals surface area (Å²) in [4.78, 5) is 190. The number of nitro benzene ring substituents is 1. The number of non-ortho nitro benzene ring substituents is 1. The van der Waals surface area contributed by atoms with Crippen molar-refractivity contribution in [1.29, 1.82) is 0 Å². The Kier molecular flexibility index (Phi) is 49.5. The highest BCUT2D eigenvalue weighted by molar-refractivity contribution is 9.10. The van der Waals surface area contributed by atoms with Crippen molar-refractivity contribution in [3.63, 3.8) is 0 Å². The molecule has 0 saturated heterocycles. The Balaban J connectivity index is 0.000000416. The second-order valence-electron chi connectivity index (χ2n) is 33.3. The lowest BCUT2D eigenvalue weighted by Crippen LogP contribution is -2.30. The molecule has 0 aliphatic rings. The van der Waals surface area contributed by atoms with Gasteiger partial charge in [0.05, 0.1) is 51.0 Å². The minimum Gasteiger partial charge on any atom is -0.461 e. The molecule has 2 heterocycles. The van der Waals surface area contributed by atoms with E-state index in [0.717, 1.165) is 123 Å². The summed E-state index contributed by atoms with van der Waals surface area (Å²) in [5.41, 5.74) is 25.9. The minimum absolute atomic E-state index is 0.0339. The average molecular weight is 2020 g/mol. The van der Waals surface area contributed by atoms with Crippen molar-refractivity contribution in [3.05, 3.63) is 298 Å². The van der Waals surface area contributed by atoms with Crippen LogP contribution in [0.25, 0.3) is 26.7 Å². The molecule has 0 fully saturated rings. The Bertz CT molecular complexity index is 6650. The molecule has 142 heavy (non-hydrogen) atoms. The Hall–Kier alpha value is -16.1. The summed E-state index contributed by atoms with van der Waals surface area (Å²) in [6.07, 6.45) is 1.63. The SMILES string of the molecule is CC(=O)Nc1cc(C)c(COC(C)=O)cc1Br.CC(=O)Nc1ccc(C=O)c(C)c1.CC(=O)Nc1ccc(CO)c(C)c1.CC(=O)Nc1ccc(COC(C)=O)c(C)c1.CC(=O)OCc1cc2c(=O)[nH]c(C)nc2cc1C.CC(=O)OCc1cc2c(=O)n(COC(=O)C(C)(C)C)c(C)nc2cc1C.Cc1cc(N)ccc1C=O.Cc1ccc([N+](=O)[O-])cc1C.[C-]#[N+]c1cc(COC(C)=O)c(C)cc1NC(C)=O. The fourth-order valence-electron chi connectivity index (χ4n) is 12.2. The first-order valence-electron chi connectivity index (χ1n) is 43.8. The number of aryl methyl sites for hydroxylation is 12. The number of hydrogen-bond donors (Lipinski definition) is 8. The van der Waals surface area contributed by atoms with Crippen molar-refractivity contribution in [2.45, 2.75) is 219 Å². The van der Waals surface area contributed by atoms with Crippen LogP contribution in [0.4, 0.5) is 45.5 Å². The van der Waals surface area contributed by atoms with Gasteiger partial charge in [-0.2, -0.15) is 0 Å². The molecular formula is C105H123BrN12O24. The van der Waals surface area contributed by atoms with Crippen molar-refractivity contribution >= 4 is 161 Å². The molecule has 754 valence electrons. The molecule has 9 aromatic carbocycles. The number of esters is 6. The zero-order valence-corrected chi connectivity index (χ0v) is 86.0. The van der Waals surface area contributed by atoms with Gasteiger partial charge in [0.15, 0.2) is 6.73 Å². The number of H-pyrrole nitrogens is 1. The van der Waals surface area contributed by atoms with Crippen LogP contribution in [-0.4, -0.2) is 107 Å². The van der Waals surface area contributed by atoms with E-state index in [0.29, 0.717) is 67.3 Å². The molecule has 9 N–H and O–H groups in total. The standard InChI is InChI=1S/C19H24N2O5.2C13H14N2O3.C12H14BrNO3.C12H15NO3.C10H13NO2.C10H11NO2.C8H9NO2.C8H9NO/c1-11-7-16-15(8-14(11)9-25-13(3)22)17(23)21(12(2)20-16)10-26-18(24)19(4,5)6;1-7-4-12-11(13(17)15-8(2)14-12)5-10(7)6-18-9(3)16;1-8-5-13(15-9(2)16)12(14-4)6-11(8)7-18-10(3)17;1-7-4-12(14-8(2)15)11(13)5-10(7)6-17-9(3)16;1-8-6-12(13-9(2)14)5-4-11(8)7-16-10(3)15;2*1-7-5-10(11-8(2)13)4-3-9(7)6-12;1-6-3-4-8(9(10)11)5-7(6)2;1-6-4-8(9)3-2-7(6)5-10/h7-8H,9-10H2,1-6H3;4-5H,6H2,1-3H3,(H,14,15,17);5-6H,7H2,1-3H3,(H,15,16);4-5H,6H2,1-3H3,(H,14,15);4-6H,7H2,1-3H3,(H,13,14);3-5,12H,6H2,1-2H3,(H,11,13);3-6H,1-2H3,(H,11,13);3-5H,1-2H3;2-5H,9H2,1H3. The molecule has 0 saturated carbocycles. The van der Waals surface area contributed by atoms with E-state index in [1.807, 2.05) is 106 Å². The summed E-state index contributed by atoms with van der Waals surface area (Å²) in [5.74, 6) is -1.74. The van der Waals surface area contributed by atoms with Crippen LogP contribution in [0.3, 0.4) is 0 Å². The van der Waals surface area contributed by atoms with Crippen LogP contribution in [0, 0.1) is 105 Å². The van der Waals surface area contributed by atoms with Crippen LogP contribution in [0.2, 0.25) is 0 Å². The third-order valence-electron chi connectivity index (χ3n) is 19.9. The number of aldehydes is 2. The number of anilines is 6. The molecule has 0 spiro atoms. The van der Waals surface area contributed by atoms with Crippen LogP contribution < -0.4 is 43.4 Å². The van der Waals surface area contributed by atoms with Gasteiger partial charge in [0.2, 0.25) is 35.2 Å². The highest BCUT2D eigenvalue weighted by Gasteiger charge is 2.24. The van der Waals surface area contributed by atoms with Crippen molar-refractivity contribution in [3.8, 4) is 0 Å². The van der Waals surface area contributed by atoms with E-state index in [-0.39, 0.29) is 122 Å². The number of ether oxygens (including phenoxy) is 6. The van der Waals surface area contributed by atoms with Gasteiger partial charge in [-0.05, 0) is 318 Å². The number of halogens is 1. The first-order chi connectivity index (χ1) is 66.4. The molecule has 0 atom stereocenters. The van der Waals surface area contributed by atoms with Gasteiger partial charge >= 0.3 is 35.8 Å². The van der Waals surface area contributed by atoms with Gasteiger partial charge in [-0.3, -0.25) is 86.6 Å². The van der Waals surface area contributed by atoms with E-state index >= 15 is 0 Å². The Morgan fingerprint density at radius 2 is 0.831 bits per heavy atom. The Morgan fingerprint density at radius 1 is 0.451 bits per heavy atom. The Morgan fingerprint density at radius 3 is 1.23 bits per heavy atom. The summed E-state index contributed by atoms with van der Waals surface area (Å²) in [6, 6.07) is 40.1. The number of hydrogen-bond acceptors (Lipinski definition) is 27. The van der Waals surface area contributed by atoms with Crippen LogP contribution >= 0.6 is 15.9 Å². The molecule has 0 unspecified atom stereocenters. The van der Waals surface area contributed by atoms with Gasteiger partial charge in [0, 0.05) is 125 Å². The molecule has 36 nitrogen and oxygen atoms in total. The fourth-order valence-corrected chi connectivity index (χ4v) is 12.7. The number of aromatic amines is 1. The fraction of sp³-hybridized carbons (Fsp3) is 0.314. The number of nitrogens with two attached hydrogens (primary N) is 1. The second-order valence-corrected chi connectivity index (χ2v) is 34.2. The number of amides is 5. The number of aromatic nitrogens is 4. The zero-order valence-electron chi connectivity index (χ0n) is 84.4. The number of nitrogens with zero attached hydrogens (tertiary/aromatic N) is 5. The quantitative estimate of drug-likeness (QED) is 0.00630. The van der Waals surface area contributed by atoms with E-state index in [1.54, 1.807) is 132 Å². The number of fused-ring (bicyclic) bond motifs is 2. The number of carbonyl (C=O) groups is 13. The molecular weight excluding hydrogens is 1890 g/mol.